The van der Waals surface area contributed by atoms with E-state index < -0.39 is 0 Å². The van der Waals surface area contributed by atoms with Crippen molar-refractivity contribution in [1.29, 1.82) is 0 Å². The topological polar surface area (TPSA) is 69.7 Å². The van der Waals surface area contributed by atoms with Crippen molar-refractivity contribution in [2.75, 3.05) is 30.3 Å². The molecule has 6 nitrogen and oxygen atoms in total. The average molecular weight is 347 g/mol. The highest BCUT2D eigenvalue weighted by molar-refractivity contribution is 8.14. The Morgan fingerprint density at radius 2 is 2.12 bits per heavy atom. The van der Waals surface area contributed by atoms with Crippen LogP contribution < -0.4 is 10.2 Å². The number of benzene rings is 1. The van der Waals surface area contributed by atoms with E-state index in [0.717, 1.165) is 36.8 Å². The second kappa shape index (κ2) is 7.25. The molecule has 2 aliphatic heterocycles. The summed E-state index contributed by atoms with van der Waals surface area (Å²) in [5.41, 5.74) is 2.39. The highest BCUT2D eigenvalue weighted by Crippen LogP contribution is 2.28. The molecular weight excluding hydrogens is 326 g/mol. The smallest absolute Gasteiger partial charge is 0.288 e. The van der Waals surface area contributed by atoms with Crippen LogP contribution in [-0.2, 0) is 16.0 Å². The number of fused-ring (bicyclic) bond motifs is 1. The van der Waals surface area contributed by atoms with Crippen LogP contribution in [-0.4, -0.2) is 53.4 Å². The Bertz CT molecular complexity index is 648. The van der Waals surface area contributed by atoms with Gasteiger partial charge >= 0.3 is 0 Å². The molecule has 0 spiro atoms. The van der Waals surface area contributed by atoms with Crippen LogP contribution in [0.2, 0.25) is 0 Å². The van der Waals surface area contributed by atoms with Gasteiger partial charge in [-0.2, -0.15) is 0 Å². The van der Waals surface area contributed by atoms with Crippen LogP contribution in [0.4, 0.5) is 10.5 Å². The summed E-state index contributed by atoms with van der Waals surface area (Å²) in [6.07, 6.45) is 2.07. The van der Waals surface area contributed by atoms with Crippen LogP contribution in [0.1, 0.15) is 18.9 Å². The average Bonchev–Trinajstić information content (AvgIpc) is 2.92. The molecule has 2 aliphatic rings. The third-order valence-corrected chi connectivity index (χ3v) is 5.33. The van der Waals surface area contributed by atoms with Gasteiger partial charge in [-0.3, -0.25) is 19.3 Å². The molecule has 1 saturated heterocycles. The molecular formula is C17H21N3O3S. The molecule has 1 aromatic carbocycles. The van der Waals surface area contributed by atoms with Gasteiger partial charge in [-0.15, -0.1) is 0 Å². The zero-order valence-corrected chi connectivity index (χ0v) is 14.5. The first-order valence-electron chi connectivity index (χ1n) is 8.17. The number of nitrogens with one attached hydrogen (secondary N) is 1. The Kier molecular flexibility index (Phi) is 5.08. The number of rotatable bonds is 5. The first-order chi connectivity index (χ1) is 11.6. The number of carbonyl (C=O) groups excluding carboxylic acids is 3. The molecule has 3 amide bonds. The van der Waals surface area contributed by atoms with Crippen molar-refractivity contribution in [3.63, 3.8) is 0 Å². The monoisotopic (exact) mass is 347 g/mol. The first-order valence-corrected chi connectivity index (χ1v) is 9.16. The van der Waals surface area contributed by atoms with E-state index in [2.05, 4.69) is 22.3 Å². The van der Waals surface area contributed by atoms with Gasteiger partial charge < -0.3 is 10.2 Å². The minimum atomic E-state index is -0.286. The van der Waals surface area contributed by atoms with Gasteiger partial charge in [0.1, 0.15) is 6.04 Å². The van der Waals surface area contributed by atoms with Crippen LogP contribution in [0.15, 0.2) is 24.3 Å². The number of anilines is 1. The van der Waals surface area contributed by atoms with E-state index >= 15 is 0 Å². The van der Waals surface area contributed by atoms with Gasteiger partial charge in [0.15, 0.2) is 0 Å². The molecule has 2 heterocycles. The van der Waals surface area contributed by atoms with Gasteiger partial charge in [0.2, 0.25) is 11.8 Å². The fraction of sp³-hybridized carbons (Fsp3) is 0.471. The molecule has 1 atom stereocenters. The van der Waals surface area contributed by atoms with Crippen molar-refractivity contribution >= 4 is 34.5 Å². The number of carbonyl (C=O) groups is 3. The standard InChI is InChI=1S/C17H21N3O3S/c1-12(19-9-4-6-13-5-2-3-7-14(13)19)16(22)18-8-10-20-15(21)11-24-17(20)23/h2-3,5,7,12H,4,6,8-11H2,1H3,(H,18,22)/t12-/m1/s1. The third kappa shape index (κ3) is 3.40. The third-order valence-electron chi connectivity index (χ3n) is 4.47. The maximum atomic E-state index is 12.4. The van der Waals surface area contributed by atoms with Crippen LogP contribution in [0.3, 0.4) is 0 Å². The van der Waals surface area contributed by atoms with Crippen molar-refractivity contribution < 1.29 is 14.4 Å². The quantitative estimate of drug-likeness (QED) is 0.877. The molecule has 128 valence electrons. The predicted octanol–water partition coefficient (Wildman–Crippen LogP) is 1.64. The maximum Gasteiger partial charge on any atom is 0.288 e. The van der Waals surface area contributed by atoms with E-state index in [9.17, 15) is 14.4 Å². The number of thioether (sulfide) groups is 1. The number of para-hydroxylation sites is 1. The summed E-state index contributed by atoms with van der Waals surface area (Å²) in [5, 5.41) is 2.61. The second-order valence-electron chi connectivity index (χ2n) is 5.99. The molecule has 0 radical (unpaired) electrons. The van der Waals surface area contributed by atoms with Crippen molar-refractivity contribution in [3.05, 3.63) is 29.8 Å². The summed E-state index contributed by atoms with van der Waals surface area (Å²) in [5.74, 6) is -0.0657. The van der Waals surface area contributed by atoms with Crippen LogP contribution in [0, 0.1) is 0 Å². The number of hydrogen-bond donors (Lipinski definition) is 1. The highest BCUT2D eigenvalue weighted by Gasteiger charge is 2.30. The number of aryl methyl sites for hydroxylation is 1. The summed E-state index contributed by atoms with van der Waals surface area (Å²) in [7, 11) is 0. The van der Waals surface area contributed by atoms with Gasteiger partial charge in [0.25, 0.3) is 5.24 Å². The Balaban J connectivity index is 1.56. The van der Waals surface area contributed by atoms with Gasteiger partial charge in [-0.05, 0) is 31.4 Å². The van der Waals surface area contributed by atoms with E-state index in [1.165, 1.54) is 10.5 Å². The fourth-order valence-electron chi connectivity index (χ4n) is 3.14. The second-order valence-corrected chi connectivity index (χ2v) is 6.92. The minimum absolute atomic E-state index is 0.0848. The van der Waals surface area contributed by atoms with Gasteiger partial charge in [-0.25, -0.2) is 0 Å². The molecule has 1 aromatic rings. The number of amides is 3. The number of imide groups is 1. The zero-order valence-electron chi connectivity index (χ0n) is 13.7. The minimum Gasteiger partial charge on any atom is -0.360 e. The van der Waals surface area contributed by atoms with E-state index in [0.29, 0.717) is 0 Å². The number of hydrogen-bond acceptors (Lipinski definition) is 5. The fourth-order valence-corrected chi connectivity index (χ4v) is 3.89. The zero-order chi connectivity index (χ0) is 17.1. The van der Waals surface area contributed by atoms with E-state index in [1.807, 2.05) is 19.1 Å². The SMILES string of the molecule is C[C@H](C(=O)NCCN1C(=O)CSC1=O)N1CCCc2ccccc21. The lowest BCUT2D eigenvalue weighted by Crippen LogP contribution is -2.48. The van der Waals surface area contributed by atoms with E-state index in [1.54, 1.807) is 0 Å². The lowest BCUT2D eigenvalue weighted by atomic mass is 10.00. The molecule has 0 saturated carbocycles. The largest absolute Gasteiger partial charge is 0.360 e. The van der Waals surface area contributed by atoms with Crippen molar-refractivity contribution in [1.82, 2.24) is 10.2 Å². The van der Waals surface area contributed by atoms with Crippen molar-refractivity contribution in [3.8, 4) is 0 Å². The normalized spacial score (nSPS) is 18.5. The summed E-state index contributed by atoms with van der Waals surface area (Å²) < 4.78 is 0. The predicted molar refractivity (Wildman–Crippen MR) is 94.1 cm³/mol. The first kappa shape index (κ1) is 16.8. The van der Waals surface area contributed by atoms with Gasteiger partial charge in [-0.1, -0.05) is 30.0 Å². The molecule has 3 rings (SSSR count). The molecule has 0 aliphatic carbocycles. The summed E-state index contributed by atoms with van der Waals surface area (Å²) in [6, 6.07) is 7.88. The van der Waals surface area contributed by atoms with Crippen LogP contribution in [0.25, 0.3) is 0 Å². The van der Waals surface area contributed by atoms with Crippen molar-refractivity contribution in [2.24, 2.45) is 0 Å². The Morgan fingerprint density at radius 3 is 2.88 bits per heavy atom. The molecule has 0 bridgehead atoms. The molecule has 0 aromatic heterocycles. The molecule has 0 unspecified atom stereocenters. The molecule has 7 heteroatoms. The summed E-state index contributed by atoms with van der Waals surface area (Å²) >= 11 is 1.01. The molecule has 1 N–H and O–H groups in total. The van der Waals surface area contributed by atoms with Gasteiger partial charge in [0.05, 0.1) is 5.75 Å². The number of nitrogens with zero attached hydrogens (tertiary/aromatic N) is 2. The van der Waals surface area contributed by atoms with Gasteiger partial charge in [0, 0.05) is 25.3 Å². The Labute approximate surface area is 145 Å². The maximum absolute atomic E-state index is 12.4. The highest BCUT2D eigenvalue weighted by atomic mass is 32.2. The van der Waals surface area contributed by atoms with E-state index in [4.69, 9.17) is 0 Å². The lowest BCUT2D eigenvalue weighted by molar-refractivity contribution is -0.126. The Hall–Kier alpha value is -2.02. The van der Waals surface area contributed by atoms with Crippen LogP contribution in [0.5, 0.6) is 0 Å². The van der Waals surface area contributed by atoms with Crippen molar-refractivity contribution in [2.45, 2.75) is 25.8 Å². The van der Waals surface area contributed by atoms with Crippen LogP contribution >= 0.6 is 11.8 Å². The molecule has 1 fully saturated rings. The lowest BCUT2D eigenvalue weighted by Gasteiger charge is -2.35. The summed E-state index contributed by atoms with van der Waals surface area (Å²) in [6.45, 7) is 3.27. The summed E-state index contributed by atoms with van der Waals surface area (Å²) in [4.78, 5) is 38.8. The Morgan fingerprint density at radius 1 is 1.33 bits per heavy atom. The molecule has 24 heavy (non-hydrogen) atoms. The van der Waals surface area contributed by atoms with E-state index in [-0.39, 0.29) is 41.9 Å².